The predicted molar refractivity (Wildman–Crippen MR) is 72.6 cm³/mol. The zero-order chi connectivity index (χ0) is 12.9. The van der Waals surface area contributed by atoms with Crippen LogP contribution in [0.25, 0.3) is 0 Å². The molecule has 0 radical (unpaired) electrons. The van der Waals surface area contributed by atoms with E-state index in [1.54, 1.807) is 0 Å². The van der Waals surface area contributed by atoms with Gasteiger partial charge in [-0.3, -0.25) is 0 Å². The van der Waals surface area contributed by atoms with E-state index in [4.69, 9.17) is 4.74 Å². The smallest absolute Gasteiger partial charge is 0.119 e. The summed E-state index contributed by atoms with van der Waals surface area (Å²) in [6, 6.07) is 8.54. The highest BCUT2D eigenvalue weighted by Gasteiger charge is 2.27. The number of likely N-dealkylation sites (N-methyl/N-ethyl adjacent to an activating group) is 2. The van der Waals surface area contributed by atoms with E-state index >= 15 is 0 Å². The van der Waals surface area contributed by atoms with Gasteiger partial charge < -0.3 is 15.4 Å². The first-order valence-electron chi connectivity index (χ1n) is 6.14. The molecule has 0 aliphatic heterocycles. The van der Waals surface area contributed by atoms with Gasteiger partial charge in [-0.15, -0.1) is 0 Å². The van der Waals surface area contributed by atoms with Crippen LogP contribution in [0.3, 0.4) is 0 Å². The second-order valence-electron chi connectivity index (χ2n) is 4.70. The highest BCUT2D eigenvalue weighted by Crippen LogP contribution is 2.26. The average molecular weight is 236 g/mol. The van der Waals surface area contributed by atoms with Crippen molar-refractivity contribution in [3.8, 4) is 5.75 Å². The molecule has 0 spiro atoms. The summed E-state index contributed by atoms with van der Waals surface area (Å²) < 4.78 is 5.45. The molecular formula is C14H24N2O. The van der Waals surface area contributed by atoms with Gasteiger partial charge in [-0.05, 0) is 52.6 Å². The highest BCUT2D eigenvalue weighted by atomic mass is 16.5. The Bertz CT molecular complexity index is 333. The number of hydrogen-bond acceptors (Lipinski definition) is 3. The maximum absolute atomic E-state index is 5.45. The maximum Gasteiger partial charge on any atom is 0.119 e. The van der Waals surface area contributed by atoms with Gasteiger partial charge in [-0.1, -0.05) is 12.1 Å². The van der Waals surface area contributed by atoms with Crippen molar-refractivity contribution in [1.82, 2.24) is 10.6 Å². The zero-order valence-corrected chi connectivity index (χ0v) is 11.5. The van der Waals surface area contributed by atoms with Crippen molar-refractivity contribution >= 4 is 0 Å². The summed E-state index contributed by atoms with van der Waals surface area (Å²) in [5, 5.41) is 6.69. The number of rotatable bonds is 6. The SMILES string of the molecule is CCOc1ccc(C(NC)C(C)(C)NC)cc1. The maximum atomic E-state index is 5.45. The number of benzene rings is 1. The van der Waals surface area contributed by atoms with Crippen molar-refractivity contribution in [3.63, 3.8) is 0 Å². The van der Waals surface area contributed by atoms with E-state index in [0.29, 0.717) is 6.61 Å². The van der Waals surface area contributed by atoms with E-state index in [9.17, 15) is 0 Å². The van der Waals surface area contributed by atoms with Crippen LogP contribution in [0.15, 0.2) is 24.3 Å². The fraction of sp³-hybridized carbons (Fsp3) is 0.571. The minimum absolute atomic E-state index is 0.00187. The highest BCUT2D eigenvalue weighted by molar-refractivity contribution is 5.30. The minimum atomic E-state index is 0.00187. The number of nitrogens with one attached hydrogen (secondary N) is 2. The Hall–Kier alpha value is -1.06. The molecule has 0 aliphatic rings. The van der Waals surface area contributed by atoms with Crippen LogP contribution in [0.1, 0.15) is 32.4 Å². The van der Waals surface area contributed by atoms with Gasteiger partial charge in [-0.25, -0.2) is 0 Å². The molecule has 17 heavy (non-hydrogen) atoms. The van der Waals surface area contributed by atoms with Gasteiger partial charge in [0.25, 0.3) is 0 Å². The first-order valence-corrected chi connectivity index (χ1v) is 6.14. The first kappa shape index (κ1) is 14.0. The lowest BCUT2D eigenvalue weighted by Gasteiger charge is -2.34. The van der Waals surface area contributed by atoms with Gasteiger partial charge in [0, 0.05) is 11.6 Å². The van der Waals surface area contributed by atoms with Gasteiger partial charge in [0.2, 0.25) is 0 Å². The van der Waals surface area contributed by atoms with E-state index in [-0.39, 0.29) is 11.6 Å². The third-order valence-electron chi connectivity index (χ3n) is 3.18. The fourth-order valence-electron chi connectivity index (χ4n) is 2.01. The Balaban J connectivity index is 2.89. The van der Waals surface area contributed by atoms with Crippen LogP contribution in [0, 0.1) is 0 Å². The molecule has 2 N–H and O–H groups in total. The topological polar surface area (TPSA) is 33.3 Å². The summed E-state index contributed by atoms with van der Waals surface area (Å²) in [6.07, 6.45) is 0. The lowest BCUT2D eigenvalue weighted by molar-refractivity contribution is 0.310. The molecule has 1 aromatic rings. The van der Waals surface area contributed by atoms with E-state index in [1.807, 2.05) is 33.2 Å². The standard InChI is InChI=1S/C14H24N2O/c1-6-17-12-9-7-11(8-10-12)13(15-4)14(2,3)16-5/h7-10,13,15-16H,6H2,1-5H3. The molecule has 0 aromatic heterocycles. The van der Waals surface area contributed by atoms with E-state index in [2.05, 4.69) is 36.6 Å². The number of ether oxygens (including phenoxy) is 1. The summed E-state index contributed by atoms with van der Waals surface area (Å²) in [6.45, 7) is 7.07. The lowest BCUT2D eigenvalue weighted by atomic mass is 9.89. The predicted octanol–water partition coefficient (Wildman–Crippen LogP) is 2.34. The molecule has 0 saturated heterocycles. The molecule has 1 unspecified atom stereocenters. The Morgan fingerprint density at radius 3 is 2.18 bits per heavy atom. The summed E-state index contributed by atoms with van der Waals surface area (Å²) in [7, 11) is 3.97. The van der Waals surface area contributed by atoms with E-state index in [1.165, 1.54) is 5.56 Å². The Labute approximate surface area is 105 Å². The molecule has 3 nitrogen and oxygen atoms in total. The first-order chi connectivity index (χ1) is 8.05. The van der Waals surface area contributed by atoms with Crippen molar-refractivity contribution in [3.05, 3.63) is 29.8 Å². The van der Waals surface area contributed by atoms with Crippen LogP contribution in [0.4, 0.5) is 0 Å². The summed E-state index contributed by atoms with van der Waals surface area (Å²) >= 11 is 0. The third kappa shape index (κ3) is 3.45. The molecule has 1 atom stereocenters. The van der Waals surface area contributed by atoms with Crippen LogP contribution in [-0.4, -0.2) is 26.2 Å². The van der Waals surface area contributed by atoms with Gasteiger partial charge >= 0.3 is 0 Å². The van der Waals surface area contributed by atoms with Crippen molar-refractivity contribution in [2.45, 2.75) is 32.4 Å². The monoisotopic (exact) mass is 236 g/mol. The average Bonchev–Trinajstić information content (AvgIpc) is 2.32. The molecule has 1 aromatic carbocycles. The van der Waals surface area contributed by atoms with Gasteiger partial charge in [0.1, 0.15) is 5.75 Å². The van der Waals surface area contributed by atoms with E-state index in [0.717, 1.165) is 5.75 Å². The molecule has 0 saturated carbocycles. The second-order valence-corrected chi connectivity index (χ2v) is 4.70. The normalized spacial score (nSPS) is 13.5. The summed E-state index contributed by atoms with van der Waals surface area (Å²) in [4.78, 5) is 0. The molecule has 0 heterocycles. The molecular weight excluding hydrogens is 212 g/mol. The second kappa shape index (κ2) is 6.03. The lowest BCUT2D eigenvalue weighted by Crippen LogP contribution is -2.47. The Morgan fingerprint density at radius 1 is 1.18 bits per heavy atom. The van der Waals surface area contributed by atoms with Crippen molar-refractivity contribution in [2.24, 2.45) is 0 Å². The van der Waals surface area contributed by atoms with Gasteiger partial charge in [0.15, 0.2) is 0 Å². The molecule has 0 fully saturated rings. The Kier molecular flexibility index (Phi) is 4.97. The largest absolute Gasteiger partial charge is 0.494 e. The summed E-state index contributed by atoms with van der Waals surface area (Å²) in [5.74, 6) is 0.924. The van der Waals surface area contributed by atoms with Crippen molar-refractivity contribution in [2.75, 3.05) is 20.7 Å². The van der Waals surface area contributed by atoms with Crippen LogP contribution >= 0.6 is 0 Å². The van der Waals surface area contributed by atoms with Gasteiger partial charge in [0.05, 0.1) is 6.61 Å². The fourth-order valence-corrected chi connectivity index (χ4v) is 2.01. The Morgan fingerprint density at radius 2 is 1.76 bits per heavy atom. The van der Waals surface area contributed by atoms with Crippen LogP contribution in [0.2, 0.25) is 0 Å². The van der Waals surface area contributed by atoms with Crippen LogP contribution < -0.4 is 15.4 Å². The third-order valence-corrected chi connectivity index (χ3v) is 3.18. The number of hydrogen-bond donors (Lipinski definition) is 2. The van der Waals surface area contributed by atoms with Crippen molar-refractivity contribution in [1.29, 1.82) is 0 Å². The summed E-state index contributed by atoms with van der Waals surface area (Å²) in [5.41, 5.74) is 1.26. The minimum Gasteiger partial charge on any atom is -0.494 e. The molecule has 96 valence electrons. The molecule has 3 heteroatoms. The quantitative estimate of drug-likeness (QED) is 0.795. The van der Waals surface area contributed by atoms with Crippen LogP contribution in [-0.2, 0) is 0 Å². The molecule has 0 bridgehead atoms. The van der Waals surface area contributed by atoms with Gasteiger partial charge in [-0.2, -0.15) is 0 Å². The molecule has 1 rings (SSSR count). The van der Waals surface area contributed by atoms with Crippen LogP contribution in [0.5, 0.6) is 5.75 Å². The zero-order valence-electron chi connectivity index (χ0n) is 11.5. The van der Waals surface area contributed by atoms with E-state index < -0.39 is 0 Å². The van der Waals surface area contributed by atoms with Crippen molar-refractivity contribution < 1.29 is 4.74 Å². The molecule has 0 aliphatic carbocycles. The molecule has 0 amide bonds.